The van der Waals surface area contributed by atoms with Crippen molar-refractivity contribution in [3.8, 4) is 0 Å². The minimum atomic E-state index is -0.171. The van der Waals surface area contributed by atoms with Gasteiger partial charge in [0.05, 0.1) is 12.5 Å². The normalized spacial score (nSPS) is 20.7. The number of hydrogen-bond donors (Lipinski definition) is 1. The maximum atomic E-state index is 12.1. The fraction of sp³-hybridized carbons (Fsp3) is 0.769. The van der Waals surface area contributed by atoms with Crippen LogP contribution in [-0.4, -0.2) is 39.6 Å². The Balaban J connectivity index is 1.84. The smallest absolute Gasteiger partial charge is 0.224 e. The molecule has 2 rings (SSSR count). The highest BCUT2D eigenvalue weighted by Crippen LogP contribution is 2.19. The number of nitrogens with zero attached hydrogens (tertiary/aromatic N) is 3. The second kappa shape index (κ2) is 5.28. The number of amides is 1. The number of hydrogen-bond acceptors (Lipinski definition) is 5. The maximum absolute atomic E-state index is 12.1. The lowest BCUT2D eigenvalue weighted by atomic mass is 10.0. The average Bonchev–Trinajstić information content (AvgIpc) is 2.86. The Morgan fingerprint density at radius 2 is 2.26 bits per heavy atom. The third-order valence-electron chi connectivity index (χ3n) is 3.08. The molecule has 1 fully saturated rings. The molecule has 6 heteroatoms. The molecule has 1 atom stereocenters. The highest BCUT2D eigenvalue weighted by molar-refractivity contribution is 5.79. The van der Waals surface area contributed by atoms with Gasteiger partial charge in [-0.1, -0.05) is 5.16 Å². The van der Waals surface area contributed by atoms with Crippen LogP contribution in [0.15, 0.2) is 4.52 Å². The highest BCUT2D eigenvalue weighted by atomic mass is 16.5. The first kappa shape index (κ1) is 14.0. The van der Waals surface area contributed by atoms with E-state index in [1.807, 2.05) is 20.8 Å². The van der Waals surface area contributed by atoms with Crippen LogP contribution in [0.3, 0.4) is 0 Å². The fourth-order valence-corrected chi connectivity index (χ4v) is 2.27. The van der Waals surface area contributed by atoms with Gasteiger partial charge in [0, 0.05) is 19.0 Å². The van der Waals surface area contributed by atoms with Crippen LogP contribution in [0, 0.1) is 12.8 Å². The minimum Gasteiger partial charge on any atom is -0.351 e. The van der Waals surface area contributed by atoms with Gasteiger partial charge in [0.1, 0.15) is 0 Å². The Morgan fingerprint density at radius 1 is 1.53 bits per heavy atom. The van der Waals surface area contributed by atoms with Crippen LogP contribution in [0.2, 0.25) is 0 Å². The average molecular weight is 266 g/mol. The lowest BCUT2D eigenvalue weighted by Crippen LogP contribution is -2.44. The molecule has 0 radical (unpaired) electrons. The Bertz CT molecular complexity index is 450. The molecule has 0 spiro atoms. The SMILES string of the molecule is Cc1nc(CN2CCC(C(=O)NC(C)(C)C)C2)no1. The number of aromatic nitrogens is 2. The van der Waals surface area contributed by atoms with E-state index in [-0.39, 0.29) is 17.4 Å². The van der Waals surface area contributed by atoms with E-state index >= 15 is 0 Å². The van der Waals surface area contributed by atoms with Gasteiger partial charge in [0.25, 0.3) is 0 Å². The summed E-state index contributed by atoms with van der Waals surface area (Å²) in [6.07, 6.45) is 0.888. The van der Waals surface area contributed by atoms with Crippen molar-refractivity contribution < 1.29 is 9.32 Å². The zero-order chi connectivity index (χ0) is 14.0. The molecule has 0 aromatic carbocycles. The van der Waals surface area contributed by atoms with Crippen LogP contribution in [0.5, 0.6) is 0 Å². The van der Waals surface area contributed by atoms with Crippen molar-refractivity contribution in [3.05, 3.63) is 11.7 Å². The van der Waals surface area contributed by atoms with E-state index in [2.05, 4.69) is 20.4 Å². The Labute approximate surface area is 113 Å². The standard InChI is InChI=1S/C13H22N4O2/c1-9-14-11(16-19-9)8-17-6-5-10(7-17)12(18)15-13(2,3)4/h10H,5-8H2,1-4H3,(H,15,18). The topological polar surface area (TPSA) is 71.3 Å². The van der Waals surface area contributed by atoms with Crippen LogP contribution in [0.4, 0.5) is 0 Å². The van der Waals surface area contributed by atoms with E-state index in [0.29, 0.717) is 18.3 Å². The first-order chi connectivity index (χ1) is 8.83. The zero-order valence-corrected chi connectivity index (χ0v) is 12.1. The van der Waals surface area contributed by atoms with E-state index in [1.165, 1.54) is 0 Å². The van der Waals surface area contributed by atoms with Crippen LogP contribution in [0.25, 0.3) is 0 Å². The lowest BCUT2D eigenvalue weighted by molar-refractivity contribution is -0.126. The molecule has 0 bridgehead atoms. The van der Waals surface area contributed by atoms with E-state index in [0.717, 1.165) is 19.5 Å². The number of likely N-dealkylation sites (tertiary alicyclic amines) is 1. The van der Waals surface area contributed by atoms with Crippen LogP contribution in [0.1, 0.15) is 38.9 Å². The first-order valence-electron chi connectivity index (χ1n) is 6.67. The Kier molecular flexibility index (Phi) is 3.89. The molecule has 0 aliphatic carbocycles. The summed E-state index contributed by atoms with van der Waals surface area (Å²) in [5, 5.41) is 6.91. The quantitative estimate of drug-likeness (QED) is 0.887. The third-order valence-corrected chi connectivity index (χ3v) is 3.08. The van der Waals surface area contributed by atoms with Gasteiger partial charge >= 0.3 is 0 Å². The van der Waals surface area contributed by atoms with Crippen LogP contribution in [-0.2, 0) is 11.3 Å². The molecular weight excluding hydrogens is 244 g/mol. The van der Waals surface area contributed by atoms with Crippen molar-refractivity contribution in [2.75, 3.05) is 13.1 Å². The molecule has 1 aromatic rings. The number of aryl methyl sites for hydroxylation is 1. The maximum Gasteiger partial charge on any atom is 0.224 e. The van der Waals surface area contributed by atoms with Crippen LogP contribution < -0.4 is 5.32 Å². The molecular formula is C13H22N4O2. The molecule has 19 heavy (non-hydrogen) atoms. The largest absolute Gasteiger partial charge is 0.351 e. The second-order valence-corrected chi connectivity index (χ2v) is 6.19. The van der Waals surface area contributed by atoms with Gasteiger partial charge < -0.3 is 9.84 Å². The Morgan fingerprint density at radius 3 is 2.84 bits per heavy atom. The molecule has 106 valence electrons. The fourth-order valence-electron chi connectivity index (χ4n) is 2.27. The van der Waals surface area contributed by atoms with Crippen molar-refractivity contribution >= 4 is 5.91 Å². The van der Waals surface area contributed by atoms with E-state index in [9.17, 15) is 4.79 Å². The predicted molar refractivity (Wildman–Crippen MR) is 70.3 cm³/mol. The first-order valence-corrected chi connectivity index (χ1v) is 6.67. The van der Waals surface area contributed by atoms with Crippen molar-refractivity contribution in [1.82, 2.24) is 20.4 Å². The molecule has 0 saturated carbocycles. The van der Waals surface area contributed by atoms with E-state index < -0.39 is 0 Å². The van der Waals surface area contributed by atoms with Gasteiger partial charge in [-0.05, 0) is 33.7 Å². The molecule has 1 aliphatic heterocycles. The molecule has 1 aromatic heterocycles. The molecule has 1 N–H and O–H groups in total. The van der Waals surface area contributed by atoms with E-state index in [1.54, 1.807) is 6.92 Å². The summed E-state index contributed by atoms with van der Waals surface area (Å²) in [5.41, 5.74) is -0.171. The summed E-state index contributed by atoms with van der Waals surface area (Å²) in [4.78, 5) is 18.5. The summed E-state index contributed by atoms with van der Waals surface area (Å²) < 4.78 is 4.95. The van der Waals surface area contributed by atoms with Crippen molar-refractivity contribution in [2.45, 2.75) is 46.2 Å². The molecule has 6 nitrogen and oxygen atoms in total. The summed E-state index contributed by atoms with van der Waals surface area (Å²) in [6, 6.07) is 0. The monoisotopic (exact) mass is 266 g/mol. The van der Waals surface area contributed by atoms with Gasteiger partial charge in [-0.3, -0.25) is 9.69 Å². The summed E-state index contributed by atoms with van der Waals surface area (Å²) in [7, 11) is 0. The lowest BCUT2D eigenvalue weighted by Gasteiger charge is -2.23. The second-order valence-electron chi connectivity index (χ2n) is 6.19. The van der Waals surface area contributed by atoms with E-state index in [4.69, 9.17) is 4.52 Å². The minimum absolute atomic E-state index is 0.0622. The predicted octanol–water partition coefficient (Wildman–Crippen LogP) is 1.11. The number of carbonyl (C=O) groups excluding carboxylic acids is 1. The highest BCUT2D eigenvalue weighted by Gasteiger charge is 2.30. The summed E-state index contributed by atoms with van der Waals surface area (Å²) in [6.45, 7) is 10.1. The molecule has 1 unspecified atom stereocenters. The Hall–Kier alpha value is -1.43. The summed E-state index contributed by atoms with van der Waals surface area (Å²) >= 11 is 0. The number of carbonyl (C=O) groups is 1. The van der Waals surface area contributed by atoms with Crippen molar-refractivity contribution in [3.63, 3.8) is 0 Å². The van der Waals surface area contributed by atoms with Gasteiger partial charge in [-0.25, -0.2) is 0 Å². The van der Waals surface area contributed by atoms with Gasteiger partial charge in [0.2, 0.25) is 11.8 Å². The molecule has 2 heterocycles. The van der Waals surface area contributed by atoms with Crippen molar-refractivity contribution in [1.29, 1.82) is 0 Å². The zero-order valence-electron chi connectivity index (χ0n) is 12.1. The third kappa shape index (κ3) is 4.02. The van der Waals surface area contributed by atoms with Gasteiger partial charge in [-0.15, -0.1) is 0 Å². The van der Waals surface area contributed by atoms with Crippen LogP contribution >= 0.6 is 0 Å². The number of rotatable bonds is 3. The molecule has 1 aliphatic rings. The number of nitrogens with one attached hydrogen (secondary N) is 1. The van der Waals surface area contributed by atoms with Gasteiger partial charge in [-0.2, -0.15) is 4.98 Å². The molecule has 1 saturated heterocycles. The van der Waals surface area contributed by atoms with Gasteiger partial charge in [0.15, 0.2) is 5.82 Å². The van der Waals surface area contributed by atoms with Crippen molar-refractivity contribution in [2.24, 2.45) is 5.92 Å². The molecule has 1 amide bonds. The summed E-state index contributed by atoms with van der Waals surface area (Å²) in [5.74, 6) is 1.47.